The third-order valence-corrected chi connectivity index (χ3v) is 4.87. The number of benzene rings is 2. The summed E-state index contributed by atoms with van der Waals surface area (Å²) in [6.45, 7) is 0. The summed E-state index contributed by atoms with van der Waals surface area (Å²) in [4.78, 5) is 26.7. The summed E-state index contributed by atoms with van der Waals surface area (Å²) in [6.07, 6.45) is -3.38. The smallest absolute Gasteiger partial charge is 0.416 e. The highest BCUT2D eigenvalue weighted by Crippen LogP contribution is 2.43. The predicted molar refractivity (Wildman–Crippen MR) is 101 cm³/mol. The number of alkyl halides is 3. The third-order valence-electron chi connectivity index (χ3n) is 4.87. The number of carbonyl (C=O) groups excluding carboxylic acids is 2. The van der Waals surface area contributed by atoms with E-state index >= 15 is 0 Å². The topological polar surface area (TPSA) is 70.8 Å². The van der Waals surface area contributed by atoms with Crippen molar-refractivity contribution in [1.29, 1.82) is 0 Å². The SMILES string of the molecule is O=C(C1=C(O)C(=O)N(c2ccc(C(F)(F)F)cc2)C1c1ccccc1F)c1ccco1. The number of ketones is 1. The Morgan fingerprint density at radius 3 is 2.26 bits per heavy atom. The van der Waals surface area contributed by atoms with Gasteiger partial charge < -0.3 is 9.52 Å². The van der Waals surface area contributed by atoms with E-state index in [-0.39, 0.29) is 17.0 Å². The Kier molecular flexibility index (Phi) is 4.88. The first-order chi connectivity index (χ1) is 14.7. The number of hydrogen-bond donors (Lipinski definition) is 1. The Hall–Kier alpha value is -3.88. The summed E-state index contributed by atoms with van der Waals surface area (Å²) in [5.74, 6) is -3.79. The van der Waals surface area contributed by atoms with Crippen molar-refractivity contribution in [2.24, 2.45) is 0 Å². The van der Waals surface area contributed by atoms with Gasteiger partial charge in [-0.3, -0.25) is 14.5 Å². The number of aliphatic hydroxyl groups excluding tert-OH is 1. The Balaban J connectivity index is 1.86. The molecule has 0 aliphatic carbocycles. The standard InChI is InChI=1S/C22H13F4NO4/c23-15-5-2-1-4-14(15)18-17(19(28)16-6-3-11-31-16)20(29)21(30)27(18)13-9-7-12(8-10-13)22(24,25)26/h1-11,18,29H. The van der Waals surface area contributed by atoms with Gasteiger partial charge in [0.2, 0.25) is 5.78 Å². The first-order valence-electron chi connectivity index (χ1n) is 8.96. The number of anilines is 1. The Bertz CT molecular complexity index is 1180. The van der Waals surface area contributed by atoms with Crippen LogP contribution in [0.5, 0.6) is 0 Å². The summed E-state index contributed by atoms with van der Waals surface area (Å²) >= 11 is 0. The zero-order valence-electron chi connectivity index (χ0n) is 15.6. The third kappa shape index (κ3) is 3.48. The number of amides is 1. The van der Waals surface area contributed by atoms with E-state index in [1.807, 2.05) is 0 Å². The van der Waals surface area contributed by atoms with Gasteiger partial charge in [-0.2, -0.15) is 13.2 Å². The fourth-order valence-corrected chi connectivity index (χ4v) is 3.45. The average Bonchev–Trinajstić information content (AvgIpc) is 3.35. The van der Waals surface area contributed by atoms with Gasteiger partial charge in [0.05, 0.1) is 23.4 Å². The van der Waals surface area contributed by atoms with E-state index in [1.165, 1.54) is 36.6 Å². The molecule has 1 aromatic heterocycles. The lowest BCUT2D eigenvalue weighted by Crippen LogP contribution is -2.31. The molecule has 1 amide bonds. The van der Waals surface area contributed by atoms with Gasteiger partial charge in [0.15, 0.2) is 11.5 Å². The van der Waals surface area contributed by atoms with Gasteiger partial charge in [-0.15, -0.1) is 0 Å². The first kappa shape index (κ1) is 20.4. The van der Waals surface area contributed by atoms with Crippen molar-refractivity contribution >= 4 is 17.4 Å². The van der Waals surface area contributed by atoms with Crippen LogP contribution in [0.15, 0.2) is 82.7 Å². The minimum Gasteiger partial charge on any atom is -0.503 e. The van der Waals surface area contributed by atoms with E-state index < -0.39 is 46.6 Å². The first-order valence-corrected chi connectivity index (χ1v) is 8.96. The zero-order chi connectivity index (χ0) is 22.3. The highest BCUT2D eigenvalue weighted by Gasteiger charge is 2.46. The number of rotatable bonds is 4. The number of nitrogens with zero attached hydrogens (tertiary/aromatic N) is 1. The number of carbonyl (C=O) groups is 2. The van der Waals surface area contributed by atoms with Crippen molar-refractivity contribution in [2.45, 2.75) is 12.2 Å². The number of aliphatic hydroxyl groups is 1. The van der Waals surface area contributed by atoms with E-state index in [4.69, 9.17) is 4.42 Å². The molecular formula is C22H13F4NO4. The molecule has 0 saturated heterocycles. The van der Waals surface area contributed by atoms with Crippen molar-refractivity contribution in [3.05, 3.63) is 101 Å². The van der Waals surface area contributed by atoms with Crippen LogP contribution in [-0.4, -0.2) is 16.8 Å². The van der Waals surface area contributed by atoms with Gasteiger partial charge in [0, 0.05) is 11.3 Å². The highest BCUT2D eigenvalue weighted by molar-refractivity contribution is 6.20. The van der Waals surface area contributed by atoms with Crippen LogP contribution in [0.1, 0.15) is 27.7 Å². The maximum absolute atomic E-state index is 14.7. The molecule has 0 saturated carbocycles. The van der Waals surface area contributed by atoms with Crippen LogP contribution < -0.4 is 4.90 Å². The molecule has 31 heavy (non-hydrogen) atoms. The van der Waals surface area contributed by atoms with Crippen LogP contribution in [0.25, 0.3) is 0 Å². The van der Waals surface area contributed by atoms with Gasteiger partial charge in [-0.05, 0) is 42.5 Å². The molecule has 2 aromatic carbocycles. The summed E-state index contributed by atoms with van der Waals surface area (Å²) in [5.41, 5.74) is -1.56. The summed E-state index contributed by atoms with van der Waals surface area (Å²) < 4.78 is 58.5. The lowest BCUT2D eigenvalue weighted by atomic mass is 9.94. The molecule has 4 rings (SSSR count). The number of Topliss-reactive ketones (excluding diaryl/α,β-unsaturated/α-hetero) is 1. The maximum atomic E-state index is 14.7. The monoisotopic (exact) mass is 431 g/mol. The highest BCUT2D eigenvalue weighted by atomic mass is 19.4. The second kappa shape index (κ2) is 7.42. The van der Waals surface area contributed by atoms with Crippen LogP contribution in [0.3, 0.4) is 0 Å². The molecule has 1 unspecified atom stereocenters. The number of halogens is 4. The second-order valence-electron chi connectivity index (χ2n) is 6.71. The van der Waals surface area contributed by atoms with Gasteiger partial charge in [0.1, 0.15) is 5.82 Å². The lowest BCUT2D eigenvalue weighted by Gasteiger charge is -2.27. The molecule has 3 aromatic rings. The van der Waals surface area contributed by atoms with Crippen LogP contribution >= 0.6 is 0 Å². The van der Waals surface area contributed by atoms with Crippen LogP contribution in [0.2, 0.25) is 0 Å². The van der Waals surface area contributed by atoms with Gasteiger partial charge in [0.25, 0.3) is 5.91 Å². The molecule has 1 aliphatic rings. The zero-order valence-corrected chi connectivity index (χ0v) is 15.6. The van der Waals surface area contributed by atoms with Gasteiger partial charge >= 0.3 is 6.18 Å². The maximum Gasteiger partial charge on any atom is 0.416 e. The molecule has 0 spiro atoms. The summed E-state index contributed by atoms with van der Waals surface area (Å²) in [5, 5.41) is 10.5. The number of hydrogen-bond acceptors (Lipinski definition) is 4. The minimum atomic E-state index is -4.60. The molecule has 158 valence electrons. The van der Waals surface area contributed by atoms with E-state index in [9.17, 15) is 32.3 Å². The van der Waals surface area contributed by atoms with Crippen molar-refractivity contribution in [1.82, 2.24) is 0 Å². The Morgan fingerprint density at radius 1 is 1.00 bits per heavy atom. The largest absolute Gasteiger partial charge is 0.503 e. The fourth-order valence-electron chi connectivity index (χ4n) is 3.45. The van der Waals surface area contributed by atoms with Crippen LogP contribution in [0.4, 0.5) is 23.2 Å². The number of furan rings is 1. The van der Waals surface area contributed by atoms with E-state index in [0.29, 0.717) is 0 Å². The molecule has 1 N–H and O–H groups in total. The molecule has 9 heteroatoms. The molecule has 1 atom stereocenters. The van der Waals surface area contributed by atoms with E-state index in [2.05, 4.69) is 0 Å². The Labute approximate surface area is 172 Å². The predicted octanol–water partition coefficient (Wildman–Crippen LogP) is 5.22. The van der Waals surface area contributed by atoms with Crippen molar-refractivity contribution in [3.63, 3.8) is 0 Å². The van der Waals surface area contributed by atoms with Crippen molar-refractivity contribution < 1.29 is 36.7 Å². The van der Waals surface area contributed by atoms with Crippen LogP contribution in [0, 0.1) is 5.82 Å². The normalized spacial score (nSPS) is 16.8. The van der Waals surface area contributed by atoms with E-state index in [0.717, 1.165) is 35.2 Å². The average molecular weight is 431 g/mol. The van der Waals surface area contributed by atoms with Gasteiger partial charge in [-0.1, -0.05) is 18.2 Å². The molecule has 0 fully saturated rings. The summed E-state index contributed by atoms with van der Waals surface area (Å²) in [6, 6.07) is 10.2. The fraction of sp³-hybridized carbons (Fsp3) is 0.0909. The minimum absolute atomic E-state index is 0.0555. The molecule has 1 aliphatic heterocycles. The molecule has 2 heterocycles. The molecule has 0 bridgehead atoms. The van der Waals surface area contributed by atoms with Crippen molar-refractivity contribution in [2.75, 3.05) is 4.90 Å². The van der Waals surface area contributed by atoms with Crippen molar-refractivity contribution in [3.8, 4) is 0 Å². The quantitative estimate of drug-likeness (QED) is 0.454. The molecule has 0 radical (unpaired) electrons. The van der Waals surface area contributed by atoms with Crippen LogP contribution in [-0.2, 0) is 11.0 Å². The van der Waals surface area contributed by atoms with Gasteiger partial charge in [-0.25, -0.2) is 4.39 Å². The lowest BCUT2D eigenvalue weighted by molar-refractivity contribution is -0.137. The summed E-state index contributed by atoms with van der Waals surface area (Å²) in [7, 11) is 0. The Morgan fingerprint density at radius 2 is 1.68 bits per heavy atom. The molecule has 5 nitrogen and oxygen atoms in total. The second-order valence-corrected chi connectivity index (χ2v) is 6.71. The molecular weight excluding hydrogens is 418 g/mol. The van der Waals surface area contributed by atoms with E-state index in [1.54, 1.807) is 0 Å².